The Kier molecular flexibility index (Phi) is 4.25. The first-order valence-corrected chi connectivity index (χ1v) is 10.4. The van der Waals surface area contributed by atoms with Crippen molar-refractivity contribution in [3.8, 4) is 11.5 Å². The van der Waals surface area contributed by atoms with E-state index in [1.807, 2.05) is 0 Å². The molecule has 0 radical (unpaired) electrons. The molecule has 6 heteroatoms. The molecule has 0 unspecified atom stereocenters. The molecule has 1 atom stereocenters. The van der Waals surface area contributed by atoms with E-state index < -0.39 is 5.97 Å². The Labute approximate surface area is 164 Å². The van der Waals surface area contributed by atoms with Gasteiger partial charge in [0.05, 0.1) is 5.56 Å². The number of nitrogens with one attached hydrogen (secondary N) is 1. The van der Waals surface area contributed by atoms with Crippen LogP contribution in [0.5, 0.6) is 11.5 Å². The number of esters is 1. The maximum Gasteiger partial charge on any atom is 0.338 e. The van der Waals surface area contributed by atoms with Gasteiger partial charge in [-0.1, -0.05) is 0 Å². The number of amides is 1. The molecule has 6 rings (SSSR count). The van der Waals surface area contributed by atoms with Gasteiger partial charge in [-0.2, -0.15) is 0 Å². The minimum atomic E-state index is -0.532. The summed E-state index contributed by atoms with van der Waals surface area (Å²) >= 11 is 0. The van der Waals surface area contributed by atoms with E-state index in [1.165, 1.54) is 38.5 Å². The standard InChI is InChI=1S/C22H27NO5/c1-13(22-8-14-4-15(9-22)6-16(5-14)10-22)23-20(24)11-26-21(25)17-2-3-18-19(7-17)28-12-27-18/h2-3,7,13-16H,4-6,8-12H2,1H3,(H,23,24)/t13-,14?,15?,16?,22?/m1/s1. The van der Waals surface area contributed by atoms with Crippen LogP contribution in [-0.2, 0) is 9.53 Å². The molecular formula is C22H27NO5. The molecule has 4 aliphatic carbocycles. The van der Waals surface area contributed by atoms with Crippen molar-refractivity contribution in [1.82, 2.24) is 5.32 Å². The number of rotatable bonds is 5. The zero-order valence-electron chi connectivity index (χ0n) is 16.2. The van der Waals surface area contributed by atoms with E-state index in [1.54, 1.807) is 18.2 Å². The number of carbonyl (C=O) groups excluding carboxylic acids is 2. The second-order valence-corrected chi connectivity index (χ2v) is 9.21. The molecule has 4 bridgehead atoms. The smallest absolute Gasteiger partial charge is 0.338 e. The normalized spacial score (nSPS) is 32.8. The van der Waals surface area contributed by atoms with E-state index in [-0.39, 0.29) is 30.8 Å². The number of carbonyl (C=O) groups is 2. The lowest BCUT2D eigenvalue weighted by atomic mass is 9.48. The Morgan fingerprint density at radius 3 is 2.43 bits per heavy atom. The predicted octanol–water partition coefficient (Wildman–Crippen LogP) is 3.29. The Hall–Kier alpha value is -2.24. The van der Waals surface area contributed by atoms with Gasteiger partial charge in [-0.25, -0.2) is 4.79 Å². The molecule has 4 saturated carbocycles. The van der Waals surface area contributed by atoms with Gasteiger partial charge in [0.1, 0.15) is 0 Å². The lowest BCUT2D eigenvalue weighted by Crippen LogP contribution is -2.56. The van der Waals surface area contributed by atoms with Crippen LogP contribution in [0.15, 0.2) is 18.2 Å². The molecule has 1 aliphatic heterocycles. The highest BCUT2D eigenvalue weighted by Gasteiger charge is 2.53. The molecule has 1 aromatic carbocycles. The van der Waals surface area contributed by atoms with E-state index in [4.69, 9.17) is 14.2 Å². The summed E-state index contributed by atoms with van der Waals surface area (Å²) in [5.41, 5.74) is 0.595. The van der Waals surface area contributed by atoms with E-state index in [0.29, 0.717) is 17.1 Å². The average Bonchev–Trinajstić information content (AvgIpc) is 3.12. The summed E-state index contributed by atoms with van der Waals surface area (Å²) in [5.74, 6) is 2.90. The van der Waals surface area contributed by atoms with Crippen molar-refractivity contribution in [3.63, 3.8) is 0 Å². The third kappa shape index (κ3) is 3.12. The molecule has 5 aliphatic rings. The van der Waals surface area contributed by atoms with Crippen molar-refractivity contribution in [2.24, 2.45) is 23.2 Å². The van der Waals surface area contributed by atoms with Crippen molar-refractivity contribution in [2.75, 3.05) is 13.4 Å². The van der Waals surface area contributed by atoms with Gasteiger partial charge in [-0.3, -0.25) is 4.79 Å². The van der Waals surface area contributed by atoms with Crippen LogP contribution in [0.1, 0.15) is 55.8 Å². The molecule has 1 heterocycles. The van der Waals surface area contributed by atoms with E-state index >= 15 is 0 Å². The first kappa shape index (κ1) is 17.8. The maximum absolute atomic E-state index is 12.4. The minimum Gasteiger partial charge on any atom is -0.454 e. The molecule has 1 N–H and O–H groups in total. The van der Waals surface area contributed by atoms with Gasteiger partial charge in [0.2, 0.25) is 6.79 Å². The second kappa shape index (κ2) is 6.68. The van der Waals surface area contributed by atoms with E-state index in [2.05, 4.69) is 12.2 Å². The van der Waals surface area contributed by atoms with Gasteiger partial charge in [-0.15, -0.1) is 0 Å². The number of benzene rings is 1. The lowest BCUT2D eigenvalue weighted by Gasteiger charge is -2.59. The molecule has 1 amide bonds. The van der Waals surface area contributed by atoms with Crippen molar-refractivity contribution in [2.45, 2.75) is 51.5 Å². The van der Waals surface area contributed by atoms with E-state index in [0.717, 1.165) is 17.8 Å². The molecule has 0 spiro atoms. The SMILES string of the molecule is C[C@@H](NC(=O)COC(=O)c1ccc2c(c1)OCO2)C12CC3CC(CC(C3)C1)C2. The third-order valence-corrected chi connectivity index (χ3v) is 7.32. The summed E-state index contributed by atoms with van der Waals surface area (Å²) in [7, 11) is 0. The van der Waals surface area contributed by atoms with Crippen molar-refractivity contribution >= 4 is 11.9 Å². The van der Waals surface area contributed by atoms with Gasteiger partial charge in [0.15, 0.2) is 18.1 Å². The fourth-order valence-electron chi connectivity index (χ4n) is 6.38. The monoisotopic (exact) mass is 385 g/mol. The van der Waals surface area contributed by atoms with Crippen LogP contribution in [0.25, 0.3) is 0 Å². The summed E-state index contributed by atoms with van der Waals surface area (Å²) in [6.07, 6.45) is 7.85. The quantitative estimate of drug-likeness (QED) is 0.788. The van der Waals surface area contributed by atoms with Gasteiger partial charge in [0.25, 0.3) is 5.91 Å². The summed E-state index contributed by atoms with van der Waals surface area (Å²) in [6, 6.07) is 5.00. The van der Waals surface area contributed by atoms with Crippen LogP contribution in [0, 0.1) is 23.2 Å². The Morgan fingerprint density at radius 1 is 1.11 bits per heavy atom. The molecular weight excluding hydrogens is 358 g/mol. The first-order chi connectivity index (χ1) is 13.5. The largest absolute Gasteiger partial charge is 0.454 e. The second-order valence-electron chi connectivity index (χ2n) is 9.21. The predicted molar refractivity (Wildman–Crippen MR) is 101 cm³/mol. The summed E-state index contributed by atoms with van der Waals surface area (Å²) in [6.45, 7) is 2.02. The zero-order chi connectivity index (χ0) is 19.3. The fraction of sp³-hybridized carbons (Fsp3) is 0.636. The highest BCUT2D eigenvalue weighted by Crippen LogP contribution is 2.61. The van der Waals surface area contributed by atoms with Crippen molar-refractivity contribution in [3.05, 3.63) is 23.8 Å². The molecule has 0 saturated heterocycles. The van der Waals surface area contributed by atoms with Crippen LogP contribution < -0.4 is 14.8 Å². The average molecular weight is 385 g/mol. The number of hydrogen-bond acceptors (Lipinski definition) is 5. The molecule has 6 nitrogen and oxygen atoms in total. The Morgan fingerprint density at radius 2 is 1.75 bits per heavy atom. The lowest BCUT2D eigenvalue weighted by molar-refractivity contribution is -0.128. The first-order valence-electron chi connectivity index (χ1n) is 10.4. The van der Waals surface area contributed by atoms with Crippen LogP contribution in [-0.4, -0.2) is 31.3 Å². The van der Waals surface area contributed by atoms with Gasteiger partial charge in [0, 0.05) is 6.04 Å². The Bertz CT molecular complexity index is 769. The zero-order valence-corrected chi connectivity index (χ0v) is 16.2. The maximum atomic E-state index is 12.4. The fourth-order valence-corrected chi connectivity index (χ4v) is 6.38. The molecule has 1 aromatic rings. The molecule has 0 aromatic heterocycles. The van der Waals surface area contributed by atoms with Gasteiger partial charge < -0.3 is 19.5 Å². The van der Waals surface area contributed by atoms with E-state index in [9.17, 15) is 9.59 Å². The van der Waals surface area contributed by atoms with Crippen LogP contribution >= 0.6 is 0 Å². The van der Waals surface area contributed by atoms with Crippen LogP contribution in [0.4, 0.5) is 0 Å². The molecule has 4 fully saturated rings. The van der Waals surface area contributed by atoms with Gasteiger partial charge in [-0.05, 0) is 86.8 Å². The summed E-state index contributed by atoms with van der Waals surface area (Å²) in [4.78, 5) is 24.7. The summed E-state index contributed by atoms with van der Waals surface area (Å²) in [5, 5.41) is 3.12. The summed E-state index contributed by atoms with van der Waals surface area (Å²) < 4.78 is 15.7. The number of ether oxygens (including phenoxy) is 3. The Balaban J connectivity index is 1.16. The topological polar surface area (TPSA) is 73.9 Å². The highest BCUT2D eigenvalue weighted by atomic mass is 16.7. The van der Waals surface area contributed by atoms with Crippen LogP contribution in [0.3, 0.4) is 0 Å². The van der Waals surface area contributed by atoms with Crippen molar-refractivity contribution < 1.29 is 23.8 Å². The highest BCUT2D eigenvalue weighted by molar-refractivity contribution is 5.92. The number of hydrogen-bond donors (Lipinski definition) is 1. The third-order valence-electron chi connectivity index (χ3n) is 7.32. The molecule has 150 valence electrons. The minimum absolute atomic E-state index is 0.123. The van der Waals surface area contributed by atoms with Crippen LogP contribution in [0.2, 0.25) is 0 Å². The molecule has 28 heavy (non-hydrogen) atoms. The van der Waals surface area contributed by atoms with Crippen molar-refractivity contribution in [1.29, 1.82) is 0 Å². The van der Waals surface area contributed by atoms with Gasteiger partial charge >= 0.3 is 5.97 Å². The number of fused-ring (bicyclic) bond motifs is 1.